The predicted octanol–water partition coefficient (Wildman–Crippen LogP) is 4.36. The number of rotatable bonds is 3. The maximum absolute atomic E-state index is 10.8. The normalized spacial score (nSPS) is 10.4. The first-order valence-corrected chi connectivity index (χ1v) is 6.79. The van der Waals surface area contributed by atoms with E-state index in [9.17, 15) is 4.79 Å². The molecule has 94 valence electrons. The topological polar surface area (TPSA) is 59.4 Å². The van der Waals surface area contributed by atoms with E-state index in [-0.39, 0.29) is 15.2 Å². The number of thiazole rings is 1. The van der Waals surface area contributed by atoms with Crippen molar-refractivity contribution in [2.75, 3.05) is 0 Å². The molecule has 0 fully saturated rings. The van der Waals surface area contributed by atoms with E-state index < -0.39 is 5.97 Å². The van der Waals surface area contributed by atoms with Gasteiger partial charge in [-0.2, -0.15) is 4.98 Å². The van der Waals surface area contributed by atoms with Gasteiger partial charge in [-0.25, -0.2) is 4.79 Å². The second-order valence-corrected chi connectivity index (χ2v) is 5.59. The third-order valence-corrected chi connectivity index (χ3v) is 4.29. The number of carbonyl (C=O) groups is 1. The molecule has 0 radical (unpaired) electrons. The van der Waals surface area contributed by atoms with Crippen molar-refractivity contribution in [3.63, 3.8) is 0 Å². The van der Waals surface area contributed by atoms with Crippen LogP contribution in [0.3, 0.4) is 0 Å². The van der Waals surface area contributed by atoms with Crippen molar-refractivity contribution >= 4 is 44.8 Å². The van der Waals surface area contributed by atoms with Crippen LogP contribution in [0.2, 0.25) is 5.15 Å². The van der Waals surface area contributed by atoms with Crippen LogP contribution in [-0.4, -0.2) is 16.1 Å². The van der Waals surface area contributed by atoms with Crippen molar-refractivity contribution in [1.29, 1.82) is 0 Å². The second-order valence-electron chi connectivity index (χ2n) is 3.42. The van der Waals surface area contributed by atoms with Crippen molar-refractivity contribution < 1.29 is 14.6 Å². The SMILES string of the molecule is Cc1cc(Oc2nc(Cl)c(C(=O)O)s2)ccc1Br. The number of halogens is 2. The summed E-state index contributed by atoms with van der Waals surface area (Å²) in [5, 5.41) is 9.00. The summed E-state index contributed by atoms with van der Waals surface area (Å²) in [6.45, 7) is 1.93. The van der Waals surface area contributed by atoms with Gasteiger partial charge in [0.1, 0.15) is 5.75 Å². The number of benzene rings is 1. The van der Waals surface area contributed by atoms with Crippen molar-refractivity contribution in [2.24, 2.45) is 0 Å². The molecule has 2 rings (SSSR count). The average molecular weight is 349 g/mol. The minimum Gasteiger partial charge on any atom is -0.477 e. The Hall–Kier alpha value is -1.11. The lowest BCUT2D eigenvalue weighted by Gasteiger charge is -2.03. The predicted molar refractivity (Wildman–Crippen MR) is 73.0 cm³/mol. The molecule has 0 aliphatic rings. The van der Waals surface area contributed by atoms with Gasteiger partial charge in [-0.15, -0.1) is 0 Å². The third-order valence-electron chi connectivity index (χ3n) is 2.09. The van der Waals surface area contributed by atoms with Gasteiger partial charge in [-0.3, -0.25) is 0 Å². The Balaban J connectivity index is 2.26. The van der Waals surface area contributed by atoms with Gasteiger partial charge in [-0.1, -0.05) is 38.9 Å². The van der Waals surface area contributed by atoms with Crippen molar-refractivity contribution in [3.05, 3.63) is 38.3 Å². The van der Waals surface area contributed by atoms with Crippen LogP contribution in [0.25, 0.3) is 0 Å². The zero-order chi connectivity index (χ0) is 13.3. The third kappa shape index (κ3) is 2.82. The summed E-state index contributed by atoms with van der Waals surface area (Å²) in [6, 6.07) is 5.42. The lowest BCUT2D eigenvalue weighted by molar-refractivity contribution is 0.0702. The maximum atomic E-state index is 10.8. The number of aryl methyl sites for hydroxylation is 1. The number of ether oxygens (including phenoxy) is 1. The molecule has 1 aromatic heterocycles. The molecule has 0 atom stereocenters. The van der Waals surface area contributed by atoms with Gasteiger partial charge in [0.25, 0.3) is 5.19 Å². The molecule has 2 aromatic rings. The zero-order valence-corrected chi connectivity index (χ0v) is 12.3. The molecule has 0 bridgehead atoms. The Bertz CT molecular complexity index is 614. The maximum Gasteiger partial charge on any atom is 0.349 e. The van der Waals surface area contributed by atoms with Crippen molar-refractivity contribution in [1.82, 2.24) is 4.98 Å². The van der Waals surface area contributed by atoms with E-state index in [1.54, 1.807) is 6.07 Å². The first-order chi connectivity index (χ1) is 8.47. The minimum absolute atomic E-state index is 0.0273. The second kappa shape index (κ2) is 5.26. The molecule has 0 amide bonds. The highest BCUT2D eigenvalue weighted by atomic mass is 79.9. The Morgan fingerprint density at radius 2 is 2.28 bits per heavy atom. The van der Waals surface area contributed by atoms with Crippen LogP contribution >= 0.6 is 38.9 Å². The molecule has 4 nitrogen and oxygen atoms in total. The highest BCUT2D eigenvalue weighted by Gasteiger charge is 2.17. The molecule has 0 saturated carbocycles. The lowest BCUT2D eigenvalue weighted by Crippen LogP contribution is -1.91. The number of aromatic nitrogens is 1. The van der Waals surface area contributed by atoms with E-state index in [2.05, 4.69) is 20.9 Å². The van der Waals surface area contributed by atoms with Gasteiger partial charge < -0.3 is 9.84 Å². The van der Waals surface area contributed by atoms with Gasteiger partial charge >= 0.3 is 5.97 Å². The van der Waals surface area contributed by atoms with E-state index in [1.807, 2.05) is 19.1 Å². The molecule has 0 unspecified atom stereocenters. The lowest BCUT2D eigenvalue weighted by atomic mass is 10.2. The highest BCUT2D eigenvalue weighted by molar-refractivity contribution is 9.10. The number of carboxylic acid groups (broad SMARTS) is 1. The molecule has 18 heavy (non-hydrogen) atoms. The number of carboxylic acids is 1. The van der Waals surface area contributed by atoms with Gasteiger partial charge in [0, 0.05) is 4.47 Å². The number of hydrogen-bond donors (Lipinski definition) is 1. The van der Waals surface area contributed by atoms with Gasteiger partial charge in [0.2, 0.25) is 0 Å². The fraction of sp³-hybridized carbons (Fsp3) is 0.0909. The molecule has 7 heteroatoms. The minimum atomic E-state index is -1.11. The van der Waals surface area contributed by atoms with E-state index in [4.69, 9.17) is 21.4 Å². The highest BCUT2D eigenvalue weighted by Crippen LogP contribution is 2.33. The van der Waals surface area contributed by atoms with Crippen LogP contribution in [0.4, 0.5) is 0 Å². The molecule has 0 aliphatic carbocycles. The van der Waals surface area contributed by atoms with E-state index in [0.717, 1.165) is 21.4 Å². The summed E-state index contributed by atoms with van der Waals surface area (Å²) in [6.07, 6.45) is 0. The van der Waals surface area contributed by atoms with E-state index in [1.165, 1.54) is 0 Å². The Morgan fingerprint density at radius 1 is 1.56 bits per heavy atom. The molecular weight excluding hydrogens is 342 g/mol. The summed E-state index contributed by atoms with van der Waals surface area (Å²) in [5.41, 5.74) is 1.01. The number of aromatic carboxylic acids is 1. The van der Waals surface area contributed by atoms with Gasteiger partial charge in [0.05, 0.1) is 0 Å². The van der Waals surface area contributed by atoms with E-state index >= 15 is 0 Å². The fourth-order valence-electron chi connectivity index (χ4n) is 1.24. The van der Waals surface area contributed by atoms with Gasteiger partial charge in [0.15, 0.2) is 10.0 Å². The molecule has 0 spiro atoms. The first-order valence-electron chi connectivity index (χ1n) is 4.81. The van der Waals surface area contributed by atoms with Crippen LogP contribution in [0.1, 0.15) is 15.2 Å². The van der Waals surface area contributed by atoms with E-state index in [0.29, 0.717) is 5.75 Å². The van der Waals surface area contributed by atoms with Crippen molar-refractivity contribution in [3.8, 4) is 10.9 Å². The molecule has 0 saturated heterocycles. The quantitative estimate of drug-likeness (QED) is 0.895. The summed E-state index contributed by atoms with van der Waals surface area (Å²) in [7, 11) is 0. The summed E-state index contributed by atoms with van der Waals surface area (Å²) < 4.78 is 6.44. The molecular formula is C11H7BrClNO3S. The van der Waals surface area contributed by atoms with Crippen LogP contribution in [0.5, 0.6) is 10.9 Å². The first kappa shape index (κ1) is 13.3. The molecule has 1 heterocycles. The monoisotopic (exact) mass is 347 g/mol. The zero-order valence-electron chi connectivity index (χ0n) is 9.11. The Labute approximate surface area is 120 Å². The van der Waals surface area contributed by atoms with Crippen LogP contribution in [0.15, 0.2) is 22.7 Å². The standard InChI is InChI=1S/C11H7BrClNO3S/c1-5-4-6(2-3-7(5)12)17-11-14-9(13)8(18-11)10(15)16/h2-4H,1H3,(H,15,16). The molecule has 1 N–H and O–H groups in total. The van der Waals surface area contributed by atoms with Crippen LogP contribution in [-0.2, 0) is 0 Å². The van der Waals surface area contributed by atoms with Gasteiger partial charge in [-0.05, 0) is 30.7 Å². The van der Waals surface area contributed by atoms with Crippen LogP contribution in [0, 0.1) is 6.92 Å². The number of hydrogen-bond acceptors (Lipinski definition) is 4. The Morgan fingerprint density at radius 3 is 2.83 bits per heavy atom. The largest absolute Gasteiger partial charge is 0.477 e. The number of nitrogens with zero attached hydrogens (tertiary/aromatic N) is 1. The summed E-state index contributed by atoms with van der Waals surface area (Å²) >= 11 is 9.97. The molecule has 0 aliphatic heterocycles. The molecule has 1 aromatic carbocycles. The van der Waals surface area contributed by atoms with Crippen LogP contribution < -0.4 is 4.74 Å². The summed E-state index contributed by atoms with van der Waals surface area (Å²) in [4.78, 5) is 14.6. The summed E-state index contributed by atoms with van der Waals surface area (Å²) in [5.74, 6) is -0.530. The average Bonchev–Trinajstić information content (AvgIpc) is 2.65. The van der Waals surface area contributed by atoms with Crippen molar-refractivity contribution in [2.45, 2.75) is 6.92 Å². The fourth-order valence-corrected chi connectivity index (χ4v) is 2.48. The Kier molecular flexibility index (Phi) is 3.89. The smallest absolute Gasteiger partial charge is 0.349 e.